The molecule has 1 amide bonds. The lowest BCUT2D eigenvalue weighted by Gasteiger charge is -2.06. The fourth-order valence-electron chi connectivity index (χ4n) is 2.54. The molecule has 0 aliphatic carbocycles. The van der Waals surface area contributed by atoms with Crippen LogP contribution in [0.15, 0.2) is 53.9 Å². The molecule has 0 unspecified atom stereocenters. The lowest BCUT2D eigenvalue weighted by molar-refractivity contribution is -0.384. The maximum Gasteiger partial charge on any atom is 0.312 e. The molecule has 0 bridgehead atoms. The Labute approximate surface area is 170 Å². The molecule has 0 spiro atoms. The summed E-state index contributed by atoms with van der Waals surface area (Å²) in [5.74, 6) is -1.17. The number of nitro groups is 1. The van der Waals surface area contributed by atoms with E-state index >= 15 is 0 Å². The van der Waals surface area contributed by atoms with Crippen LogP contribution in [0.4, 0.5) is 11.4 Å². The number of thiazole rings is 1. The highest BCUT2D eigenvalue weighted by Gasteiger charge is 2.13. The molecule has 8 nitrogen and oxygen atoms in total. The molecule has 0 atom stereocenters. The number of benzene rings is 2. The average molecular weight is 411 g/mol. The molecule has 1 heterocycles. The number of carbonyl (C=O) groups excluding carboxylic acids is 2. The van der Waals surface area contributed by atoms with Crippen LogP contribution in [0, 0.1) is 17.0 Å². The Bertz CT molecular complexity index is 1060. The van der Waals surface area contributed by atoms with E-state index in [1.165, 1.54) is 35.6 Å². The molecule has 0 saturated heterocycles. The molecule has 0 saturated carbocycles. The maximum absolute atomic E-state index is 12.0. The number of aromatic nitrogens is 1. The molecule has 1 aromatic heterocycles. The number of nitrogens with one attached hydrogen (secondary N) is 1. The van der Waals surface area contributed by atoms with Crippen LogP contribution in [-0.4, -0.2) is 28.4 Å². The van der Waals surface area contributed by atoms with Gasteiger partial charge in [0.15, 0.2) is 6.61 Å². The number of rotatable bonds is 7. The fourth-order valence-corrected chi connectivity index (χ4v) is 3.35. The van der Waals surface area contributed by atoms with Gasteiger partial charge in [0.1, 0.15) is 5.01 Å². The summed E-state index contributed by atoms with van der Waals surface area (Å²) in [5, 5.41) is 15.8. The molecule has 3 rings (SSSR count). The minimum absolute atomic E-state index is 0.0492. The minimum atomic E-state index is -0.586. The van der Waals surface area contributed by atoms with Crippen molar-refractivity contribution in [3.8, 4) is 10.6 Å². The van der Waals surface area contributed by atoms with Crippen LogP contribution < -0.4 is 5.32 Å². The lowest BCUT2D eigenvalue weighted by Crippen LogP contribution is -2.21. The predicted octanol–water partition coefficient (Wildman–Crippen LogP) is 3.75. The van der Waals surface area contributed by atoms with E-state index in [0.717, 1.165) is 16.1 Å². The van der Waals surface area contributed by atoms with Crippen LogP contribution in [0.25, 0.3) is 10.6 Å². The highest BCUT2D eigenvalue weighted by molar-refractivity contribution is 7.13. The topological polar surface area (TPSA) is 111 Å². The van der Waals surface area contributed by atoms with Crippen molar-refractivity contribution < 1.29 is 19.2 Å². The van der Waals surface area contributed by atoms with Crippen molar-refractivity contribution in [2.45, 2.75) is 13.3 Å². The van der Waals surface area contributed by atoms with Gasteiger partial charge < -0.3 is 10.1 Å². The summed E-state index contributed by atoms with van der Waals surface area (Å²) in [7, 11) is 0. The fraction of sp³-hybridized carbons (Fsp3) is 0.150. The summed E-state index contributed by atoms with van der Waals surface area (Å²) >= 11 is 1.43. The van der Waals surface area contributed by atoms with Crippen LogP contribution in [0.1, 0.15) is 11.3 Å². The molecule has 0 aliphatic rings. The van der Waals surface area contributed by atoms with Crippen molar-refractivity contribution in [3.05, 3.63) is 75.3 Å². The summed E-state index contributed by atoms with van der Waals surface area (Å²) in [6.07, 6.45) is -0.0492. The third-order valence-corrected chi connectivity index (χ3v) is 4.79. The van der Waals surface area contributed by atoms with E-state index in [-0.39, 0.29) is 17.8 Å². The van der Waals surface area contributed by atoms with Crippen molar-refractivity contribution in [3.63, 3.8) is 0 Å². The summed E-state index contributed by atoms with van der Waals surface area (Å²) in [4.78, 5) is 38.5. The van der Waals surface area contributed by atoms with Crippen molar-refractivity contribution in [1.82, 2.24) is 4.98 Å². The van der Waals surface area contributed by atoms with Gasteiger partial charge in [-0.1, -0.05) is 29.8 Å². The standard InChI is InChI=1S/C20H17N3O5S/c1-13-4-2-5-14(8-13)20-22-16(12-29-20)10-19(25)28-11-18(24)21-15-6-3-7-17(9-15)23(26)27/h2-9,12H,10-11H2,1H3,(H,21,24). The van der Waals surface area contributed by atoms with Crippen LogP contribution in [0.2, 0.25) is 0 Å². The average Bonchev–Trinajstić information content (AvgIpc) is 3.15. The van der Waals surface area contributed by atoms with Gasteiger partial charge in [-0.25, -0.2) is 4.98 Å². The molecule has 148 valence electrons. The molecular formula is C20H17N3O5S. The monoisotopic (exact) mass is 411 g/mol. The van der Waals surface area contributed by atoms with Crippen molar-refractivity contribution in [2.75, 3.05) is 11.9 Å². The number of nitrogens with zero attached hydrogens (tertiary/aromatic N) is 2. The Hall–Kier alpha value is -3.59. The summed E-state index contributed by atoms with van der Waals surface area (Å²) in [6, 6.07) is 13.4. The first-order chi connectivity index (χ1) is 13.9. The predicted molar refractivity (Wildman–Crippen MR) is 109 cm³/mol. The van der Waals surface area contributed by atoms with Crippen molar-refractivity contribution >= 4 is 34.6 Å². The van der Waals surface area contributed by atoms with E-state index in [1.54, 1.807) is 5.38 Å². The number of carbonyl (C=O) groups is 2. The number of hydrogen-bond donors (Lipinski definition) is 1. The zero-order chi connectivity index (χ0) is 20.8. The molecule has 3 aromatic rings. The molecule has 0 aliphatic heterocycles. The van der Waals surface area contributed by atoms with Gasteiger partial charge in [0, 0.05) is 28.8 Å². The number of non-ortho nitro benzene ring substituents is 1. The van der Waals surface area contributed by atoms with Gasteiger partial charge in [0.2, 0.25) is 0 Å². The van der Waals surface area contributed by atoms with Gasteiger partial charge in [0.25, 0.3) is 11.6 Å². The summed E-state index contributed by atoms with van der Waals surface area (Å²) in [6.45, 7) is 1.50. The summed E-state index contributed by atoms with van der Waals surface area (Å²) < 4.78 is 4.97. The number of nitro benzene ring substituents is 1. The molecule has 2 aromatic carbocycles. The molecule has 0 radical (unpaired) electrons. The van der Waals surface area contributed by atoms with Crippen molar-refractivity contribution in [1.29, 1.82) is 0 Å². The Morgan fingerprint density at radius 3 is 2.76 bits per heavy atom. The zero-order valence-corrected chi connectivity index (χ0v) is 16.3. The molecule has 9 heteroatoms. The van der Waals surface area contributed by atoms with Gasteiger partial charge >= 0.3 is 5.97 Å². The maximum atomic E-state index is 12.0. The molecule has 0 fully saturated rings. The molecular weight excluding hydrogens is 394 g/mol. The Morgan fingerprint density at radius 1 is 1.21 bits per heavy atom. The Kier molecular flexibility index (Phi) is 6.30. The summed E-state index contributed by atoms with van der Waals surface area (Å²) in [5.41, 5.74) is 2.77. The smallest absolute Gasteiger partial charge is 0.312 e. The Morgan fingerprint density at radius 2 is 2.00 bits per heavy atom. The molecule has 1 N–H and O–H groups in total. The second kappa shape index (κ2) is 9.07. The van der Waals surface area contributed by atoms with E-state index in [4.69, 9.17) is 4.74 Å². The third kappa shape index (κ3) is 5.69. The van der Waals surface area contributed by atoms with E-state index in [1.807, 2.05) is 31.2 Å². The number of esters is 1. The normalized spacial score (nSPS) is 10.4. The highest BCUT2D eigenvalue weighted by Crippen LogP contribution is 2.24. The number of amides is 1. The van der Waals surface area contributed by atoms with E-state index < -0.39 is 23.4 Å². The van der Waals surface area contributed by atoms with E-state index in [9.17, 15) is 19.7 Å². The van der Waals surface area contributed by atoms with Crippen LogP contribution >= 0.6 is 11.3 Å². The van der Waals surface area contributed by atoms with Gasteiger partial charge in [-0.15, -0.1) is 11.3 Å². The van der Waals surface area contributed by atoms with Gasteiger partial charge in [-0.2, -0.15) is 0 Å². The SMILES string of the molecule is Cc1cccc(-c2nc(CC(=O)OCC(=O)Nc3cccc([N+](=O)[O-])c3)cs2)c1. The number of anilines is 1. The number of aryl methyl sites for hydroxylation is 1. The molecule has 29 heavy (non-hydrogen) atoms. The van der Waals surface area contributed by atoms with E-state index in [2.05, 4.69) is 10.3 Å². The lowest BCUT2D eigenvalue weighted by atomic mass is 10.1. The number of ether oxygens (including phenoxy) is 1. The first-order valence-corrected chi connectivity index (χ1v) is 9.50. The first kappa shape index (κ1) is 20.2. The second-order valence-corrected chi connectivity index (χ2v) is 7.06. The van der Waals surface area contributed by atoms with Crippen LogP contribution in [-0.2, 0) is 20.7 Å². The van der Waals surface area contributed by atoms with Gasteiger partial charge in [-0.3, -0.25) is 19.7 Å². The minimum Gasteiger partial charge on any atom is -0.455 e. The Balaban J connectivity index is 1.50. The number of hydrogen-bond acceptors (Lipinski definition) is 7. The van der Waals surface area contributed by atoms with Gasteiger partial charge in [-0.05, 0) is 19.1 Å². The third-order valence-electron chi connectivity index (χ3n) is 3.85. The zero-order valence-electron chi connectivity index (χ0n) is 15.5. The van der Waals surface area contributed by atoms with Crippen molar-refractivity contribution in [2.24, 2.45) is 0 Å². The second-order valence-electron chi connectivity index (χ2n) is 6.21. The first-order valence-electron chi connectivity index (χ1n) is 8.62. The highest BCUT2D eigenvalue weighted by atomic mass is 32.1. The van der Waals surface area contributed by atoms with Crippen LogP contribution in [0.3, 0.4) is 0 Å². The largest absolute Gasteiger partial charge is 0.455 e. The van der Waals surface area contributed by atoms with E-state index in [0.29, 0.717) is 5.69 Å². The van der Waals surface area contributed by atoms with Gasteiger partial charge in [0.05, 0.1) is 17.0 Å². The van der Waals surface area contributed by atoms with Crippen LogP contribution in [0.5, 0.6) is 0 Å². The quantitative estimate of drug-likeness (QED) is 0.360.